The SMILES string of the molecule is FC(F)(F)c1ccc2c(c1)CNCC21CCCCC1. The van der Waals surface area contributed by atoms with E-state index in [9.17, 15) is 13.2 Å². The molecular formula is C15H18F3N. The van der Waals surface area contributed by atoms with Crippen molar-refractivity contribution < 1.29 is 13.2 Å². The van der Waals surface area contributed by atoms with E-state index in [4.69, 9.17) is 0 Å². The first-order valence-electron chi connectivity index (χ1n) is 6.93. The fourth-order valence-electron chi connectivity index (χ4n) is 3.64. The molecule has 0 bridgehead atoms. The van der Waals surface area contributed by atoms with Gasteiger partial charge in [-0.2, -0.15) is 13.2 Å². The highest BCUT2D eigenvalue weighted by atomic mass is 19.4. The largest absolute Gasteiger partial charge is 0.416 e. The standard InChI is InChI=1S/C15H18F3N/c16-15(17,18)12-4-5-13-11(8-12)9-19-10-14(13)6-2-1-3-7-14/h4-5,8,19H,1-3,6-7,9-10H2. The molecule has 19 heavy (non-hydrogen) atoms. The smallest absolute Gasteiger partial charge is 0.312 e. The fourth-order valence-corrected chi connectivity index (χ4v) is 3.64. The van der Waals surface area contributed by atoms with Gasteiger partial charge in [0, 0.05) is 18.5 Å². The van der Waals surface area contributed by atoms with Crippen LogP contribution in [0.1, 0.15) is 48.8 Å². The van der Waals surface area contributed by atoms with Crippen molar-refractivity contribution in [3.05, 3.63) is 34.9 Å². The molecule has 1 aromatic carbocycles. The van der Waals surface area contributed by atoms with Gasteiger partial charge in [0.2, 0.25) is 0 Å². The van der Waals surface area contributed by atoms with Crippen molar-refractivity contribution in [3.63, 3.8) is 0 Å². The average Bonchev–Trinajstić information content (AvgIpc) is 2.39. The summed E-state index contributed by atoms with van der Waals surface area (Å²) in [5.41, 5.74) is 1.54. The van der Waals surface area contributed by atoms with E-state index in [-0.39, 0.29) is 5.41 Å². The topological polar surface area (TPSA) is 12.0 Å². The van der Waals surface area contributed by atoms with Crippen molar-refractivity contribution in [1.29, 1.82) is 0 Å². The summed E-state index contributed by atoms with van der Waals surface area (Å²) in [4.78, 5) is 0. The number of nitrogens with one attached hydrogen (secondary N) is 1. The molecule has 1 aliphatic heterocycles. The van der Waals surface area contributed by atoms with Crippen LogP contribution >= 0.6 is 0 Å². The third-order valence-electron chi connectivity index (χ3n) is 4.59. The summed E-state index contributed by atoms with van der Waals surface area (Å²) in [5, 5.41) is 3.31. The van der Waals surface area contributed by atoms with Gasteiger partial charge >= 0.3 is 6.18 Å². The molecule has 0 atom stereocenters. The number of alkyl halides is 3. The third-order valence-corrected chi connectivity index (χ3v) is 4.59. The fraction of sp³-hybridized carbons (Fsp3) is 0.600. The highest BCUT2D eigenvalue weighted by molar-refractivity contribution is 5.41. The molecule has 1 nitrogen and oxygen atoms in total. The zero-order chi connectivity index (χ0) is 13.5. The van der Waals surface area contributed by atoms with Crippen LogP contribution in [0.25, 0.3) is 0 Å². The van der Waals surface area contributed by atoms with E-state index >= 15 is 0 Å². The van der Waals surface area contributed by atoms with Crippen LogP contribution in [0.3, 0.4) is 0 Å². The van der Waals surface area contributed by atoms with E-state index in [1.54, 1.807) is 6.07 Å². The molecule has 104 valence electrons. The molecule has 0 aromatic heterocycles. The van der Waals surface area contributed by atoms with Gasteiger partial charge in [0.1, 0.15) is 0 Å². The highest BCUT2D eigenvalue weighted by Gasteiger charge is 2.39. The van der Waals surface area contributed by atoms with Gasteiger partial charge in [-0.25, -0.2) is 0 Å². The molecule has 1 aromatic rings. The van der Waals surface area contributed by atoms with Crippen molar-refractivity contribution in [2.24, 2.45) is 0 Å². The second-order valence-electron chi connectivity index (χ2n) is 5.81. The lowest BCUT2D eigenvalue weighted by Crippen LogP contribution is -2.44. The maximum absolute atomic E-state index is 12.8. The van der Waals surface area contributed by atoms with Gasteiger partial charge < -0.3 is 5.32 Å². The van der Waals surface area contributed by atoms with Gasteiger partial charge in [0.25, 0.3) is 0 Å². The van der Waals surface area contributed by atoms with Crippen LogP contribution in [-0.4, -0.2) is 6.54 Å². The van der Waals surface area contributed by atoms with Crippen molar-refractivity contribution >= 4 is 0 Å². The number of hydrogen-bond acceptors (Lipinski definition) is 1. The van der Waals surface area contributed by atoms with Gasteiger partial charge in [0.05, 0.1) is 5.56 Å². The van der Waals surface area contributed by atoms with E-state index in [1.807, 2.05) is 0 Å². The number of halogens is 3. The minimum Gasteiger partial charge on any atom is -0.312 e. The molecule has 3 rings (SSSR count). The van der Waals surface area contributed by atoms with Crippen molar-refractivity contribution in [3.8, 4) is 0 Å². The summed E-state index contributed by atoms with van der Waals surface area (Å²) in [5.74, 6) is 0. The minimum atomic E-state index is -4.24. The Labute approximate surface area is 111 Å². The summed E-state index contributed by atoms with van der Waals surface area (Å²) in [6.07, 6.45) is 1.56. The molecule has 2 aliphatic rings. The van der Waals surface area contributed by atoms with Crippen molar-refractivity contribution in [1.82, 2.24) is 5.32 Å². The lowest BCUT2D eigenvalue weighted by molar-refractivity contribution is -0.137. The van der Waals surface area contributed by atoms with Crippen LogP contribution in [-0.2, 0) is 18.1 Å². The third kappa shape index (κ3) is 2.27. The zero-order valence-corrected chi connectivity index (χ0v) is 10.8. The number of hydrogen-bond donors (Lipinski definition) is 1. The van der Waals surface area contributed by atoms with Crippen LogP contribution in [0.4, 0.5) is 13.2 Å². The molecule has 1 N–H and O–H groups in total. The molecular weight excluding hydrogens is 251 g/mol. The van der Waals surface area contributed by atoms with Crippen LogP contribution < -0.4 is 5.32 Å². The first-order valence-corrected chi connectivity index (χ1v) is 6.93. The van der Waals surface area contributed by atoms with Crippen molar-refractivity contribution in [2.75, 3.05) is 6.54 Å². The van der Waals surface area contributed by atoms with E-state index in [0.29, 0.717) is 6.54 Å². The molecule has 0 radical (unpaired) electrons. The summed E-state index contributed by atoms with van der Waals surface area (Å²) in [7, 11) is 0. The number of rotatable bonds is 0. The summed E-state index contributed by atoms with van der Waals surface area (Å²) < 4.78 is 38.3. The Hall–Kier alpha value is -1.03. The Morgan fingerprint density at radius 2 is 1.79 bits per heavy atom. The molecule has 4 heteroatoms. The molecule has 1 saturated carbocycles. The predicted molar refractivity (Wildman–Crippen MR) is 67.9 cm³/mol. The molecule has 1 spiro atoms. The Kier molecular flexibility index (Phi) is 3.08. The Bertz CT molecular complexity index is 473. The zero-order valence-electron chi connectivity index (χ0n) is 10.8. The summed E-state index contributed by atoms with van der Waals surface area (Å²) in [6.45, 7) is 1.46. The van der Waals surface area contributed by atoms with E-state index < -0.39 is 11.7 Å². The lowest BCUT2D eigenvalue weighted by Gasteiger charge is -2.42. The van der Waals surface area contributed by atoms with Gasteiger partial charge in [0.15, 0.2) is 0 Å². The normalized spacial score (nSPS) is 22.3. The van der Waals surface area contributed by atoms with Gasteiger partial charge in [-0.15, -0.1) is 0 Å². The van der Waals surface area contributed by atoms with Crippen LogP contribution in [0.2, 0.25) is 0 Å². The first kappa shape index (κ1) is 13.0. The van der Waals surface area contributed by atoms with E-state index in [0.717, 1.165) is 30.5 Å². The van der Waals surface area contributed by atoms with Gasteiger partial charge in [-0.1, -0.05) is 25.3 Å². The Morgan fingerprint density at radius 1 is 1.05 bits per heavy atom. The molecule has 1 aliphatic carbocycles. The second-order valence-corrected chi connectivity index (χ2v) is 5.81. The van der Waals surface area contributed by atoms with E-state index in [2.05, 4.69) is 5.32 Å². The van der Waals surface area contributed by atoms with Crippen molar-refractivity contribution in [2.45, 2.75) is 50.2 Å². The molecule has 0 amide bonds. The number of fused-ring (bicyclic) bond motifs is 2. The Balaban J connectivity index is 2.02. The van der Waals surface area contributed by atoms with Crippen LogP contribution in [0.15, 0.2) is 18.2 Å². The maximum atomic E-state index is 12.8. The van der Waals surface area contributed by atoms with Gasteiger partial charge in [-0.05, 0) is 36.1 Å². The average molecular weight is 269 g/mol. The lowest BCUT2D eigenvalue weighted by atomic mass is 9.66. The van der Waals surface area contributed by atoms with Crippen LogP contribution in [0, 0.1) is 0 Å². The number of benzene rings is 1. The highest BCUT2D eigenvalue weighted by Crippen LogP contribution is 2.43. The molecule has 0 saturated heterocycles. The predicted octanol–water partition coefficient (Wildman–Crippen LogP) is 4.01. The second kappa shape index (κ2) is 4.51. The van der Waals surface area contributed by atoms with E-state index in [1.165, 1.54) is 31.4 Å². The maximum Gasteiger partial charge on any atom is 0.416 e. The quantitative estimate of drug-likeness (QED) is 0.750. The summed E-state index contributed by atoms with van der Waals surface area (Å²) >= 11 is 0. The molecule has 0 unspecified atom stereocenters. The molecule has 1 heterocycles. The summed E-state index contributed by atoms with van der Waals surface area (Å²) in [6, 6.07) is 4.31. The Morgan fingerprint density at radius 3 is 2.47 bits per heavy atom. The van der Waals surface area contributed by atoms with Crippen LogP contribution in [0.5, 0.6) is 0 Å². The minimum absolute atomic E-state index is 0.0793. The monoisotopic (exact) mass is 269 g/mol. The van der Waals surface area contributed by atoms with Gasteiger partial charge in [-0.3, -0.25) is 0 Å². The first-order chi connectivity index (χ1) is 9.01. The molecule has 1 fully saturated rings.